The highest BCUT2D eigenvalue weighted by molar-refractivity contribution is 8.23. The lowest BCUT2D eigenvalue weighted by Gasteiger charge is -2.34. The third-order valence-corrected chi connectivity index (χ3v) is 6.69. The van der Waals surface area contributed by atoms with Crippen molar-refractivity contribution in [3.05, 3.63) is 93.9 Å². The minimum Gasteiger partial charge on any atom is -0.506 e. The third kappa shape index (κ3) is 3.32. The second-order valence-electron chi connectivity index (χ2n) is 7.56. The monoisotopic (exact) mass is 448 g/mol. The molecule has 0 bridgehead atoms. The van der Waals surface area contributed by atoms with Crippen molar-refractivity contribution in [2.45, 2.75) is 18.4 Å². The number of anilines is 1. The molecule has 0 atom stereocenters. The lowest BCUT2D eigenvalue weighted by atomic mass is 10.1. The molecule has 32 heavy (non-hydrogen) atoms. The SMILES string of the molecule is Cc1cccc(Cn2c(=O)c(C3=NS(O)(O)c4ccccc4N3)c(O)c3cccnc32)c1. The van der Waals surface area contributed by atoms with Gasteiger partial charge < -0.3 is 10.4 Å². The summed E-state index contributed by atoms with van der Waals surface area (Å²) >= 11 is 0. The van der Waals surface area contributed by atoms with Gasteiger partial charge in [0.05, 0.1) is 17.6 Å². The van der Waals surface area contributed by atoms with Gasteiger partial charge in [-0.25, -0.2) is 4.98 Å². The molecule has 0 saturated heterocycles. The maximum Gasteiger partial charge on any atom is 0.267 e. The summed E-state index contributed by atoms with van der Waals surface area (Å²) in [7, 11) is -3.55. The van der Waals surface area contributed by atoms with E-state index < -0.39 is 16.3 Å². The summed E-state index contributed by atoms with van der Waals surface area (Å²) in [6.45, 7) is 2.19. The molecule has 5 rings (SSSR count). The molecule has 1 aliphatic heterocycles. The van der Waals surface area contributed by atoms with Crippen molar-refractivity contribution in [1.82, 2.24) is 9.55 Å². The second-order valence-corrected chi connectivity index (χ2v) is 9.22. The number of benzene rings is 2. The lowest BCUT2D eigenvalue weighted by Crippen LogP contribution is -2.32. The van der Waals surface area contributed by atoms with Gasteiger partial charge in [-0.15, -0.1) is 4.40 Å². The van der Waals surface area contributed by atoms with Gasteiger partial charge in [0.1, 0.15) is 21.9 Å². The third-order valence-electron chi connectivity index (χ3n) is 5.31. The van der Waals surface area contributed by atoms with Crippen LogP contribution in [0.4, 0.5) is 5.69 Å². The van der Waals surface area contributed by atoms with Gasteiger partial charge in [0.25, 0.3) is 5.56 Å². The van der Waals surface area contributed by atoms with Gasteiger partial charge in [-0.1, -0.05) is 52.7 Å². The van der Waals surface area contributed by atoms with Gasteiger partial charge in [-0.2, -0.15) is 0 Å². The van der Waals surface area contributed by atoms with E-state index in [0.717, 1.165) is 11.1 Å². The number of nitrogens with zero attached hydrogens (tertiary/aromatic N) is 3. The van der Waals surface area contributed by atoms with Gasteiger partial charge >= 0.3 is 0 Å². The molecule has 2 aromatic carbocycles. The quantitative estimate of drug-likeness (QED) is 0.370. The summed E-state index contributed by atoms with van der Waals surface area (Å²) in [5, 5.41) is 14.3. The molecule has 0 spiro atoms. The molecule has 3 heterocycles. The molecule has 0 saturated carbocycles. The summed E-state index contributed by atoms with van der Waals surface area (Å²) in [6, 6.07) is 17.7. The van der Waals surface area contributed by atoms with Crippen molar-refractivity contribution in [3.63, 3.8) is 0 Å². The number of aromatic nitrogens is 2. The Morgan fingerprint density at radius 3 is 2.69 bits per heavy atom. The van der Waals surface area contributed by atoms with Crippen LogP contribution >= 0.6 is 10.8 Å². The molecule has 0 unspecified atom stereocenters. The Morgan fingerprint density at radius 2 is 1.88 bits per heavy atom. The zero-order valence-corrected chi connectivity index (χ0v) is 17.9. The maximum atomic E-state index is 13.6. The molecule has 0 amide bonds. The molecule has 2 aromatic heterocycles. The Bertz CT molecular complexity index is 1460. The van der Waals surface area contributed by atoms with Crippen molar-refractivity contribution < 1.29 is 14.2 Å². The van der Waals surface area contributed by atoms with E-state index in [1.54, 1.807) is 42.6 Å². The summed E-state index contributed by atoms with van der Waals surface area (Å²) in [6.07, 6.45) is 1.55. The standard InChI is InChI=1S/C23H20N4O4S/c1-14-6-4-7-15(12-14)13-27-22-16(8-5-11-24-22)20(28)19(23(27)29)21-25-17-9-2-3-10-18(17)32(30,31)26-21/h2-12,28,30-31H,13H2,1H3,(H,25,26). The molecule has 4 N–H and O–H groups in total. The van der Waals surface area contributed by atoms with Gasteiger partial charge in [0, 0.05) is 6.20 Å². The zero-order chi connectivity index (χ0) is 22.5. The molecule has 162 valence electrons. The number of para-hydroxylation sites is 1. The van der Waals surface area contributed by atoms with Crippen molar-refractivity contribution in [2.75, 3.05) is 5.32 Å². The number of nitrogens with one attached hydrogen (secondary N) is 1. The molecule has 8 nitrogen and oxygen atoms in total. The summed E-state index contributed by atoms with van der Waals surface area (Å²) in [5.41, 5.74) is 1.99. The number of pyridine rings is 2. The summed E-state index contributed by atoms with van der Waals surface area (Å²) in [5.74, 6) is -0.422. The topological polar surface area (TPSA) is 120 Å². The highest BCUT2D eigenvalue weighted by atomic mass is 32.3. The van der Waals surface area contributed by atoms with E-state index in [0.29, 0.717) is 16.7 Å². The number of hydrogen-bond acceptors (Lipinski definition) is 7. The molecular weight excluding hydrogens is 428 g/mol. The first-order valence-electron chi connectivity index (χ1n) is 9.86. The van der Waals surface area contributed by atoms with Crippen molar-refractivity contribution in [3.8, 4) is 5.75 Å². The first kappa shape index (κ1) is 20.3. The van der Waals surface area contributed by atoms with Gasteiger partial charge in [0.15, 0.2) is 5.84 Å². The van der Waals surface area contributed by atoms with Crippen LogP contribution in [-0.4, -0.2) is 29.6 Å². The molecular formula is C23H20N4O4S. The minimum atomic E-state index is -3.55. The zero-order valence-electron chi connectivity index (χ0n) is 17.1. The van der Waals surface area contributed by atoms with Crippen LogP contribution < -0.4 is 10.9 Å². The predicted octanol–water partition coefficient (Wildman–Crippen LogP) is 4.36. The van der Waals surface area contributed by atoms with E-state index in [1.165, 1.54) is 4.57 Å². The molecule has 0 aliphatic carbocycles. The lowest BCUT2D eigenvalue weighted by molar-refractivity contribution is 0.477. The first-order valence-corrected chi connectivity index (χ1v) is 11.4. The van der Waals surface area contributed by atoms with Crippen molar-refractivity contribution in [1.29, 1.82) is 0 Å². The first-order chi connectivity index (χ1) is 15.3. The molecule has 1 aliphatic rings. The fourth-order valence-electron chi connectivity index (χ4n) is 3.86. The average Bonchev–Trinajstić information content (AvgIpc) is 2.76. The van der Waals surface area contributed by atoms with E-state index in [2.05, 4.69) is 14.7 Å². The van der Waals surface area contributed by atoms with Crippen LogP contribution in [0.1, 0.15) is 16.7 Å². The molecule has 4 aromatic rings. The van der Waals surface area contributed by atoms with E-state index in [-0.39, 0.29) is 28.6 Å². The number of rotatable bonds is 3. The van der Waals surface area contributed by atoms with Crippen LogP contribution in [0.25, 0.3) is 11.0 Å². The predicted molar refractivity (Wildman–Crippen MR) is 126 cm³/mol. The Hall–Kier alpha value is -3.66. The van der Waals surface area contributed by atoms with E-state index in [1.807, 2.05) is 31.2 Å². The number of hydrogen-bond donors (Lipinski definition) is 4. The van der Waals surface area contributed by atoms with Crippen molar-refractivity contribution >= 4 is 33.3 Å². The average molecular weight is 449 g/mol. The number of aryl methyl sites for hydroxylation is 1. The smallest absolute Gasteiger partial charge is 0.267 e. The van der Waals surface area contributed by atoms with Crippen LogP contribution in [-0.2, 0) is 6.54 Å². The normalized spacial score (nSPS) is 15.5. The Kier molecular flexibility index (Phi) is 4.74. The summed E-state index contributed by atoms with van der Waals surface area (Å²) < 4.78 is 26.7. The Balaban J connectivity index is 1.75. The Labute approximate surface area is 185 Å². The largest absolute Gasteiger partial charge is 0.506 e. The highest BCUT2D eigenvalue weighted by Gasteiger charge is 2.30. The van der Waals surface area contributed by atoms with Crippen LogP contribution in [0.5, 0.6) is 5.75 Å². The fourth-order valence-corrected chi connectivity index (χ4v) is 5.03. The number of fused-ring (bicyclic) bond motifs is 2. The van der Waals surface area contributed by atoms with Gasteiger partial charge in [-0.05, 0) is 36.8 Å². The van der Waals surface area contributed by atoms with Crippen LogP contribution in [0, 0.1) is 6.92 Å². The van der Waals surface area contributed by atoms with E-state index >= 15 is 0 Å². The second kappa shape index (κ2) is 7.49. The maximum absolute atomic E-state index is 13.6. The van der Waals surface area contributed by atoms with Crippen LogP contribution in [0.15, 0.2) is 80.9 Å². The van der Waals surface area contributed by atoms with E-state index in [4.69, 9.17) is 0 Å². The number of aromatic hydroxyl groups is 1. The van der Waals surface area contributed by atoms with Crippen LogP contribution in [0.3, 0.4) is 0 Å². The summed E-state index contributed by atoms with van der Waals surface area (Å²) in [4.78, 5) is 18.2. The molecule has 9 heteroatoms. The molecule has 0 fully saturated rings. The van der Waals surface area contributed by atoms with Crippen LogP contribution in [0.2, 0.25) is 0 Å². The fraction of sp³-hybridized carbons (Fsp3) is 0.0870. The Morgan fingerprint density at radius 1 is 1.06 bits per heavy atom. The number of amidine groups is 1. The van der Waals surface area contributed by atoms with Gasteiger partial charge in [-0.3, -0.25) is 18.5 Å². The highest BCUT2D eigenvalue weighted by Crippen LogP contribution is 2.55. The van der Waals surface area contributed by atoms with Crippen molar-refractivity contribution in [2.24, 2.45) is 4.40 Å². The minimum absolute atomic E-state index is 0.102. The van der Waals surface area contributed by atoms with E-state index in [9.17, 15) is 19.0 Å². The van der Waals surface area contributed by atoms with Gasteiger partial charge in [0.2, 0.25) is 0 Å². The molecule has 0 radical (unpaired) electrons.